The maximum atomic E-state index is 5.94. The third-order valence-electron chi connectivity index (χ3n) is 2.66. The number of aromatic nitrogens is 2. The molecule has 1 aromatic carbocycles. The number of rotatable bonds is 4. The summed E-state index contributed by atoms with van der Waals surface area (Å²) in [6.45, 7) is 5.49. The van der Waals surface area contributed by atoms with Crippen LogP contribution in [0, 0.1) is 6.92 Å². The summed E-state index contributed by atoms with van der Waals surface area (Å²) in [4.78, 5) is 4.10. The van der Waals surface area contributed by atoms with Gasteiger partial charge in [-0.05, 0) is 31.5 Å². The predicted molar refractivity (Wildman–Crippen MR) is 68.4 cm³/mol. The van der Waals surface area contributed by atoms with Crippen LogP contribution in [0.1, 0.15) is 18.2 Å². The van der Waals surface area contributed by atoms with Crippen molar-refractivity contribution in [2.24, 2.45) is 0 Å². The van der Waals surface area contributed by atoms with Gasteiger partial charge >= 0.3 is 0 Å². The molecule has 0 amide bonds. The molecule has 2 rings (SSSR count). The third kappa shape index (κ3) is 2.80. The van der Waals surface area contributed by atoms with E-state index in [4.69, 9.17) is 16.3 Å². The molecule has 1 aromatic heterocycles. The molecule has 2 aromatic rings. The zero-order chi connectivity index (χ0) is 12.3. The van der Waals surface area contributed by atoms with Crippen LogP contribution >= 0.6 is 11.6 Å². The Balaban J connectivity index is 2.09. The van der Waals surface area contributed by atoms with Gasteiger partial charge in [-0.15, -0.1) is 0 Å². The van der Waals surface area contributed by atoms with Crippen LogP contribution in [0.2, 0.25) is 5.02 Å². The van der Waals surface area contributed by atoms with Gasteiger partial charge in [-0.25, -0.2) is 4.98 Å². The number of aryl methyl sites for hydroxylation is 2. The first-order valence-electron chi connectivity index (χ1n) is 5.58. The normalized spacial score (nSPS) is 10.5. The molecule has 0 atom stereocenters. The molecule has 0 aliphatic heterocycles. The van der Waals surface area contributed by atoms with Crippen molar-refractivity contribution in [3.63, 3.8) is 0 Å². The highest BCUT2D eigenvalue weighted by molar-refractivity contribution is 6.30. The molecule has 0 saturated heterocycles. The lowest BCUT2D eigenvalue weighted by atomic mass is 10.2. The average Bonchev–Trinajstić information content (AvgIpc) is 2.77. The minimum absolute atomic E-state index is 0.509. The molecule has 3 nitrogen and oxygen atoms in total. The van der Waals surface area contributed by atoms with Crippen molar-refractivity contribution in [2.75, 3.05) is 0 Å². The summed E-state index contributed by atoms with van der Waals surface area (Å²) in [6, 6.07) is 5.65. The maximum absolute atomic E-state index is 5.94. The number of ether oxygens (including phenoxy) is 1. The molecule has 1 heterocycles. The average molecular weight is 251 g/mol. The number of hydrogen-bond acceptors (Lipinski definition) is 2. The Morgan fingerprint density at radius 1 is 1.41 bits per heavy atom. The van der Waals surface area contributed by atoms with Crippen LogP contribution in [-0.4, -0.2) is 9.55 Å². The van der Waals surface area contributed by atoms with Gasteiger partial charge in [0.25, 0.3) is 0 Å². The molecule has 0 bridgehead atoms. The Labute approximate surface area is 106 Å². The van der Waals surface area contributed by atoms with Crippen LogP contribution in [0.4, 0.5) is 0 Å². The van der Waals surface area contributed by atoms with Gasteiger partial charge in [-0.1, -0.05) is 17.7 Å². The van der Waals surface area contributed by atoms with Gasteiger partial charge in [0.1, 0.15) is 12.4 Å². The number of hydrogen-bond donors (Lipinski definition) is 0. The second kappa shape index (κ2) is 5.23. The highest BCUT2D eigenvalue weighted by atomic mass is 35.5. The van der Waals surface area contributed by atoms with Gasteiger partial charge in [-0.2, -0.15) is 0 Å². The van der Waals surface area contributed by atoms with Crippen LogP contribution < -0.4 is 4.74 Å². The third-order valence-corrected chi connectivity index (χ3v) is 2.90. The van der Waals surface area contributed by atoms with E-state index in [-0.39, 0.29) is 0 Å². The Morgan fingerprint density at radius 2 is 2.24 bits per heavy atom. The lowest BCUT2D eigenvalue weighted by Gasteiger charge is -2.10. The lowest BCUT2D eigenvalue weighted by Crippen LogP contribution is -2.04. The van der Waals surface area contributed by atoms with Gasteiger partial charge in [0.2, 0.25) is 0 Å². The Hall–Kier alpha value is -1.48. The quantitative estimate of drug-likeness (QED) is 0.831. The molecule has 0 fully saturated rings. The second-order valence-electron chi connectivity index (χ2n) is 3.87. The van der Waals surface area contributed by atoms with E-state index in [1.165, 1.54) is 0 Å². The van der Waals surface area contributed by atoms with Crippen molar-refractivity contribution >= 4 is 11.6 Å². The SMILES string of the molecule is CCn1cncc1COc1cc(Cl)ccc1C. The maximum Gasteiger partial charge on any atom is 0.130 e. The first-order chi connectivity index (χ1) is 8.20. The first-order valence-corrected chi connectivity index (χ1v) is 5.96. The monoisotopic (exact) mass is 250 g/mol. The van der Waals surface area contributed by atoms with Crippen molar-refractivity contribution < 1.29 is 4.74 Å². The molecule has 4 heteroatoms. The van der Waals surface area contributed by atoms with E-state index in [2.05, 4.69) is 16.5 Å². The summed E-state index contributed by atoms with van der Waals surface area (Å²) in [5.41, 5.74) is 2.14. The van der Waals surface area contributed by atoms with Gasteiger partial charge < -0.3 is 9.30 Å². The lowest BCUT2D eigenvalue weighted by molar-refractivity contribution is 0.293. The topological polar surface area (TPSA) is 27.1 Å². The first kappa shape index (κ1) is 12.0. The molecule has 0 aliphatic carbocycles. The fourth-order valence-electron chi connectivity index (χ4n) is 1.63. The van der Waals surface area contributed by atoms with E-state index in [1.807, 2.05) is 37.6 Å². The molecule has 0 radical (unpaired) electrons. The van der Waals surface area contributed by atoms with Crippen molar-refractivity contribution in [1.29, 1.82) is 0 Å². The fourth-order valence-corrected chi connectivity index (χ4v) is 1.80. The molecule has 90 valence electrons. The smallest absolute Gasteiger partial charge is 0.130 e. The number of nitrogens with zero attached hydrogens (tertiary/aromatic N) is 2. The summed E-state index contributed by atoms with van der Waals surface area (Å²) in [5.74, 6) is 0.821. The Morgan fingerprint density at radius 3 is 3.00 bits per heavy atom. The molecule has 0 N–H and O–H groups in total. The van der Waals surface area contributed by atoms with Gasteiger partial charge in [0.15, 0.2) is 0 Å². The van der Waals surface area contributed by atoms with E-state index < -0.39 is 0 Å². The Kier molecular flexibility index (Phi) is 3.69. The van der Waals surface area contributed by atoms with Crippen molar-refractivity contribution in [3.8, 4) is 5.75 Å². The van der Waals surface area contributed by atoms with Crippen LogP contribution in [0.15, 0.2) is 30.7 Å². The van der Waals surface area contributed by atoms with Crippen molar-refractivity contribution in [3.05, 3.63) is 47.0 Å². The van der Waals surface area contributed by atoms with E-state index in [1.54, 1.807) is 0 Å². The summed E-state index contributed by atoms with van der Waals surface area (Å²) in [7, 11) is 0. The highest BCUT2D eigenvalue weighted by Gasteiger charge is 2.04. The van der Waals surface area contributed by atoms with Crippen LogP contribution in [-0.2, 0) is 13.2 Å². The predicted octanol–water partition coefficient (Wildman–Crippen LogP) is 3.44. The minimum Gasteiger partial charge on any atom is -0.487 e. The summed E-state index contributed by atoms with van der Waals surface area (Å²) in [6.07, 6.45) is 3.63. The summed E-state index contributed by atoms with van der Waals surface area (Å²) < 4.78 is 7.81. The van der Waals surface area contributed by atoms with E-state index in [0.29, 0.717) is 11.6 Å². The number of imidazole rings is 1. The van der Waals surface area contributed by atoms with Crippen LogP contribution in [0.3, 0.4) is 0 Å². The van der Waals surface area contributed by atoms with E-state index in [9.17, 15) is 0 Å². The molecule has 0 spiro atoms. The number of halogens is 1. The molecular weight excluding hydrogens is 236 g/mol. The summed E-state index contributed by atoms with van der Waals surface area (Å²) in [5, 5.41) is 0.689. The van der Waals surface area contributed by atoms with Crippen LogP contribution in [0.25, 0.3) is 0 Å². The molecule has 0 aliphatic rings. The summed E-state index contributed by atoms with van der Waals surface area (Å²) >= 11 is 5.94. The van der Waals surface area contributed by atoms with Crippen LogP contribution in [0.5, 0.6) is 5.75 Å². The molecule has 17 heavy (non-hydrogen) atoms. The van der Waals surface area contributed by atoms with Crippen molar-refractivity contribution in [1.82, 2.24) is 9.55 Å². The standard InChI is InChI=1S/C13H15ClN2O/c1-3-16-9-15-7-12(16)8-17-13-6-11(14)5-4-10(13)2/h4-7,9H,3,8H2,1-2H3. The largest absolute Gasteiger partial charge is 0.487 e. The molecule has 0 saturated carbocycles. The second-order valence-corrected chi connectivity index (χ2v) is 4.31. The number of benzene rings is 1. The Bertz CT molecular complexity index is 508. The van der Waals surface area contributed by atoms with Gasteiger partial charge in [-0.3, -0.25) is 0 Å². The highest BCUT2D eigenvalue weighted by Crippen LogP contribution is 2.23. The van der Waals surface area contributed by atoms with E-state index >= 15 is 0 Å². The molecular formula is C13H15ClN2O. The minimum atomic E-state index is 0.509. The van der Waals surface area contributed by atoms with Gasteiger partial charge in [0.05, 0.1) is 18.2 Å². The fraction of sp³-hybridized carbons (Fsp3) is 0.308. The zero-order valence-corrected chi connectivity index (χ0v) is 10.7. The van der Waals surface area contributed by atoms with Crippen molar-refractivity contribution in [2.45, 2.75) is 27.0 Å². The van der Waals surface area contributed by atoms with Gasteiger partial charge in [0, 0.05) is 11.6 Å². The zero-order valence-electron chi connectivity index (χ0n) is 9.98. The molecule has 0 unspecified atom stereocenters. The van der Waals surface area contributed by atoms with E-state index in [0.717, 1.165) is 23.6 Å².